The molecule has 120 valence electrons. The summed E-state index contributed by atoms with van der Waals surface area (Å²) in [6.07, 6.45) is 2.77. The van der Waals surface area contributed by atoms with Crippen molar-refractivity contribution in [2.24, 2.45) is 5.92 Å². The maximum Gasteiger partial charge on any atom is 0.356 e. The Kier molecular flexibility index (Phi) is 4.52. The van der Waals surface area contributed by atoms with Gasteiger partial charge in [0.25, 0.3) is 0 Å². The number of nitrogens with zero attached hydrogens (tertiary/aromatic N) is 3. The van der Waals surface area contributed by atoms with E-state index in [4.69, 9.17) is 5.11 Å². The third-order valence-corrected chi connectivity index (χ3v) is 4.14. The lowest BCUT2D eigenvalue weighted by Crippen LogP contribution is -2.28. The molecule has 2 atom stereocenters. The average molecular weight is 312 g/mol. The number of aromatic nitrogens is 2. The van der Waals surface area contributed by atoms with Gasteiger partial charge in [-0.3, -0.25) is 4.90 Å². The van der Waals surface area contributed by atoms with Crippen molar-refractivity contribution >= 4 is 11.8 Å². The van der Waals surface area contributed by atoms with Gasteiger partial charge in [-0.25, -0.2) is 14.8 Å². The molecule has 1 aromatic heterocycles. The van der Waals surface area contributed by atoms with Gasteiger partial charge in [-0.05, 0) is 11.5 Å². The third-order valence-electron chi connectivity index (χ3n) is 4.14. The van der Waals surface area contributed by atoms with Gasteiger partial charge < -0.3 is 10.4 Å². The van der Waals surface area contributed by atoms with Gasteiger partial charge in [0.05, 0.1) is 12.4 Å². The van der Waals surface area contributed by atoms with E-state index in [9.17, 15) is 4.79 Å². The molecule has 2 N–H and O–H groups in total. The molecule has 0 spiro atoms. The summed E-state index contributed by atoms with van der Waals surface area (Å²) in [5.41, 5.74) is 1.27. The number of hydrogen-bond donors (Lipinski definition) is 2. The lowest BCUT2D eigenvalue weighted by Gasteiger charge is -2.17. The molecule has 6 heteroatoms. The van der Waals surface area contributed by atoms with E-state index < -0.39 is 5.97 Å². The molecule has 0 saturated carbocycles. The largest absolute Gasteiger partial charge is 0.476 e. The average Bonchev–Trinajstić information content (AvgIpc) is 2.88. The molecule has 1 saturated heterocycles. The van der Waals surface area contributed by atoms with Crippen LogP contribution < -0.4 is 5.32 Å². The molecule has 2 unspecified atom stereocenters. The minimum Gasteiger partial charge on any atom is -0.476 e. The van der Waals surface area contributed by atoms with Crippen LogP contribution in [0.15, 0.2) is 42.7 Å². The molecule has 6 nitrogen and oxygen atoms in total. The summed E-state index contributed by atoms with van der Waals surface area (Å²) < 4.78 is 0. The molecule has 0 aliphatic carbocycles. The zero-order chi connectivity index (χ0) is 16.2. The van der Waals surface area contributed by atoms with Crippen LogP contribution in [0.2, 0.25) is 0 Å². The summed E-state index contributed by atoms with van der Waals surface area (Å²) in [6, 6.07) is 10.7. The summed E-state index contributed by atoms with van der Waals surface area (Å²) >= 11 is 0. The number of aromatic carboxylic acids is 1. The predicted molar refractivity (Wildman–Crippen MR) is 87.3 cm³/mol. The SMILES string of the molecule is CC1CN(Cc2ccccc2)CC1Nc1cnc(C(=O)O)cn1. The van der Waals surface area contributed by atoms with E-state index in [0.717, 1.165) is 19.6 Å². The first-order chi connectivity index (χ1) is 11.1. The van der Waals surface area contributed by atoms with E-state index in [1.54, 1.807) is 0 Å². The summed E-state index contributed by atoms with van der Waals surface area (Å²) in [7, 11) is 0. The second-order valence-corrected chi connectivity index (χ2v) is 6.00. The molecule has 1 fully saturated rings. The smallest absolute Gasteiger partial charge is 0.356 e. The van der Waals surface area contributed by atoms with Gasteiger partial charge in [0, 0.05) is 25.7 Å². The standard InChI is InChI=1S/C17H20N4O2/c1-12-9-21(10-13-5-3-2-4-6-13)11-15(12)20-16-8-18-14(7-19-16)17(22)23/h2-8,12,15H,9-11H2,1H3,(H,19,20)(H,22,23). The van der Waals surface area contributed by atoms with Gasteiger partial charge >= 0.3 is 5.97 Å². The highest BCUT2D eigenvalue weighted by Gasteiger charge is 2.29. The Labute approximate surface area is 135 Å². The summed E-state index contributed by atoms with van der Waals surface area (Å²) in [4.78, 5) is 21.2. The fourth-order valence-corrected chi connectivity index (χ4v) is 2.93. The van der Waals surface area contributed by atoms with Crippen molar-refractivity contribution < 1.29 is 9.90 Å². The van der Waals surface area contributed by atoms with Crippen LogP contribution in [0.5, 0.6) is 0 Å². The molecule has 1 aliphatic heterocycles. The number of rotatable bonds is 5. The molecular formula is C17H20N4O2. The van der Waals surface area contributed by atoms with Crippen LogP contribution in [0.25, 0.3) is 0 Å². The van der Waals surface area contributed by atoms with Crippen LogP contribution in [0.3, 0.4) is 0 Å². The minimum atomic E-state index is -1.06. The van der Waals surface area contributed by atoms with Crippen molar-refractivity contribution in [2.45, 2.75) is 19.5 Å². The van der Waals surface area contributed by atoms with Crippen LogP contribution in [0.1, 0.15) is 23.0 Å². The number of carboxylic acid groups (broad SMARTS) is 1. The van der Waals surface area contributed by atoms with Crippen molar-refractivity contribution in [1.82, 2.24) is 14.9 Å². The van der Waals surface area contributed by atoms with Crippen LogP contribution in [0, 0.1) is 5.92 Å². The van der Waals surface area contributed by atoms with E-state index in [0.29, 0.717) is 11.7 Å². The predicted octanol–water partition coefficient (Wildman–Crippen LogP) is 2.11. The van der Waals surface area contributed by atoms with E-state index in [1.807, 2.05) is 6.07 Å². The topological polar surface area (TPSA) is 78.4 Å². The second-order valence-electron chi connectivity index (χ2n) is 6.00. The molecule has 3 rings (SSSR count). The number of carboxylic acids is 1. The normalized spacial score (nSPS) is 21.3. The molecular weight excluding hydrogens is 292 g/mol. The van der Waals surface area contributed by atoms with Crippen molar-refractivity contribution in [3.05, 3.63) is 54.0 Å². The summed E-state index contributed by atoms with van der Waals surface area (Å²) in [6.45, 7) is 5.10. The first kappa shape index (κ1) is 15.4. The first-order valence-electron chi connectivity index (χ1n) is 7.70. The maximum absolute atomic E-state index is 10.8. The minimum absolute atomic E-state index is 0.0410. The van der Waals surface area contributed by atoms with Crippen molar-refractivity contribution in [2.75, 3.05) is 18.4 Å². The molecule has 2 heterocycles. The Morgan fingerprint density at radius 1 is 1.26 bits per heavy atom. The zero-order valence-corrected chi connectivity index (χ0v) is 13.0. The highest BCUT2D eigenvalue weighted by molar-refractivity contribution is 5.84. The highest BCUT2D eigenvalue weighted by Crippen LogP contribution is 2.21. The molecule has 1 aliphatic rings. The van der Waals surface area contributed by atoms with Crippen molar-refractivity contribution in [3.63, 3.8) is 0 Å². The van der Waals surface area contributed by atoms with Crippen LogP contribution in [-0.2, 0) is 6.54 Å². The second kappa shape index (κ2) is 6.75. The quantitative estimate of drug-likeness (QED) is 0.880. The first-order valence-corrected chi connectivity index (χ1v) is 7.70. The number of nitrogens with one attached hydrogen (secondary N) is 1. The van der Waals surface area contributed by atoms with E-state index >= 15 is 0 Å². The monoisotopic (exact) mass is 312 g/mol. The molecule has 0 amide bonds. The maximum atomic E-state index is 10.8. The Bertz CT molecular complexity index is 660. The Morgan fingerprint density at radius 3 is 2.70 bits per heavy atom. The fourth-order valence-electron chi connectivity index (χ4n) is 2.93. The van der Waals surface area contributed by atoms with E-state index in [1.165, 1.54) is 18.0 Å². The van der Waals surface area contributed by atoms with Gasteiger partial charge in [0.1, 0.15) is 5.82 Å². The van der Waals surface area contributed by atoms with E-state index in [2.05, 4.69) is 51.4 Å². The van der Waals surface area contributed by atoms with Crippen molar-refractivity contribution in [3.8, 4) is 0 Å². The lowest BCUT2D eigenvalue weighted by atomic mass is 10.1. The van der Waals surface area contributed by atoms with Crippen LogP contribution >= 0.6 is 0 Å². The van der Waals surface area contributed by atoms with Gasteiger partial charge in [-0.2, -0.15) is 0 Å². The van der Waals surface area contributed by atoms with Crippen molar-refractivity contribution in [1.29, 1.82) is 0 Å². The van der Waals surface area contributed by atoms with Gasteiger partial charge in [0.15, 0.2) is 5.69 Å². The number of hydrogen-bond acceptors (Lipinski definition) is 5. The highest BCUT2D eigenvalue weighted by atomic mass is 16.4. The Hall–Kier alpha value is -2.47. The van der Waals surface area contributed by atoms with Gasteiger partial charge in [-0.1, -0.05) is 37.3 Å². The molecule has 0 bridgehead atoms. The molecule has 23 heavy (non-hydrogen) atoms. The number of anilines is 1. The fraction of sp³-hybridized carbons (Fsp3) is 0.353. The number of likely N-dealkylation sites (tertiary alicyclic amines) is 1. The van der Waals surface area contributed by atoms with Crippen LogP contribution in [0.4, 0.5) is 5.82 Å². The van der Waals surface area contributed by atoms with Gasteiger partial charge in [-0.15, -0.1) is 0 Å². The number of benzene rings is 1. The Balaban J connectivity index is 1.59. The van der Waals surface area contributed by atoms with E-state index in [-0.39, 0.29) is 11.7 Å². The zero-order valence-electron chi connectivity index (χ0n) is 13.0. The molecule has 0 radical (unpaired) electrons. The summed E-state index contributed by atoms with van der Waals surface area (Å²) in [5.74, 6) is 0.0420. The van der Waals surface area contributed by atoms with Crippen LogP contribution in [-0.4, -0.2) is 45.1 Å². The summed E-state index contributed by atoms with van der Waals surface area (Å²) in [5, 5.41) is 12.2. The molecule has 2 aromatic rings. The van der Waals surface area contributed by atoms with Gasteiger partial charge in [0.2, 0.25) is 0 Å². The molecule has 1 aromatic carbocycles. The number of carbonyl (C=O) groups is 1. The Morgan fingerprint density at radius 2 is 2.04 bits per heavy atom. The lowest BCUT2D eigenvalue weighted by molar-refractivity contribution is 0.0690. The third kappa shape index (κ3) is 3.84.